The highest BCUT2D eigenvalue weighted by molar-refractivity contribution is 5.89. The predicted octanol–water partition coefficient (Wildman–Crippen LogP) is 2.96. The zero-order valence-corrected chi connectivity index (χ0v) is 10.3. The van der Waals surface area contributed by atoms with Crippen LogP contribution in [0, 0.1) is 0 Å². The van der Waals surface area contributed by atoms with Crippen molar-refractivity contribution in [1.82, 2.24) is 5.32 Å². The van der Waals surface area contributed by atoms with E-state index in [-0.39, 0.29) is 11.3 Å². The number of alkyl carbamates (subject to hydrolysis) is 1. The maximum absolute atomic E-state index is 14.0. The fourth-order valence-electron chi connectivity index (χ4n) is 2.38. The van der Waals surface area contributed by atoms with E-state index >= 15 is 0 Å². The summed E-state index contributed by atoms with van der Waals surface area (Å²) in [5.41, 5.74) is 0.00440. The highest BCUT2D eigenvalue weighted by Gasteiger charge is 2.48. The largest absolute Gasteiger partial charge is 0.508 e. The van der Waals surface area contributed by atoms with E-state index in [0.717, 1.165) is 0 Å². The third kappa shape index (κ3) is 1.93. The van der Waals surface area contributed by atoms with Crippen molar-refractivity contribution in [2.75, 3.05) is 6.61 Å². The average Bonchev–Trinajstić information content (AvgIpc) is 2.42. The van der Waals surface area contributed by atoms with E-state index < -0.39 is 24.7 Å². The summed E-state index contributed by atoms with van der Waals surface area (Å²) in [4.78, 5) is 11.2. The number of carbonyl (C=O) groups is 1. The van der Waals surface area contributed by atoms with Gasteiger partial charge in [-0.1, -0.05) is 30.3 Å². The lowest BCUT2D eigenvalue weighted by Crippen LogP contribution is -2.49. The van der Waals surface area contributed by atoms with E-state index in [9.17, 15) is 18.7 Å². The van der Waals surface area contributed by atoms with Crippen LogP contribution in [0.15, 0.2) is 36.4 Å². The third-order valence-corrected chi connectivity index (χ3v) is 3.32. The predicted molar refractivity (Wildman–Crippen MR) is 67.8 cm³/mol. The Hall–Kier alpha value is -2.37. The number of hydrogen-bond donors (Lipinski definition) is 2. The Morgan fingerprint density at radius 2 is 2.00 bits per heavy atom. The van der Waals surface area contributed by atoms with Gasteiger partial charge in [0.05, 0.1) is 0 Å². The monoisotopic (exact) mass is 279 g/mol. The Morgan fingerprint density at radius 3 is 2.80 bits per heavy atom. The fraction of sp³-hybridized carbons (Fsp3) is 0.214. The summed E-state index contributed by atoms with van der Waals surface area (Å²) in [5.74, 6) is -3.58. The molecule has 0 aromatic heterocycles. The van der Waals surface area contributed by atoms with Gasteiger partial charge in [-0.05, 0) is 16.8 Å². The van der Waals surface area contributed by atoms with Crippen molar-refractivity contribution >= 4 is 16.9 Å². The molecule has 104 valence electrons. The second-order valence-electron chi connectivity index (χ2n) is 4.63. The second-order valence-corrected chi connectivity index (χ2v) is 4.63. The molecule has 1 saturated heterocycles. The lowest BCUT2D eigenvalue weighted by atomic mass is 9.93. The zero-order valence-electron chi connectivity index (χ0n) is 10.3. The quantitative estimate of drug-likeness (QED) is 0.843. The smallest absolute Gasteiger partial charge is 0.408 e. The normalized spacial score (nSPS) is 21.3. The third-order valence-electron chi connectivity index (χ3n) is 3.32. The van der Waals surface area contributed by atoms with Gasteiger partial charge in [0.1, 0.15) is 11.8 Å². The Labute approximate surface area is 113 Å². The minimum atomic E-state index is -3.30. The van der Waals surface area contributed by atoms with Gasteiger partial charge >= 0.3 is 12.0 Å². The maximum Gasteiger partial charge on any atom is 0.408 e. The molecular weight excluding hydrogens is 268 g/mol. The molecule has 0 spiro atoms. The molecule has 3 rings (SSSR count). The first-order valence-corrected chi connectivity index (χ1v) is 6.01. The van der Waals surface area contributed by atoms with Crippen molar-refractivity contribution < 1.29 is 23.4 Å². The number of amides is 1. The lowest BCUT2D eigenvalue weighted by Gasteiger charge is -2.32. The molecule has 0 radical (unpaired) electrons. The van der Waals surface area contributed by atoms with Crippen LogP contribution >= 0.6 is 0 Å². The van der Waals surface area contributed by atoms with Crippen molar-refractivity contribution in [2.45, 2.75) is 12.0 Å². The fourth-order valence-corrected chi connectivity index (χ4v) is 2.38. The van der Waals surface area contributed by atoms with Crippen molar-refractivity contribution in [2.24, 2.45) is 0 Å². The van der Waals surface area contributed by atoms with Crippen LogP contribution in [0.1, 0.15) is 11.6 Å². The summed E-state index contributed by atoms with van der Waals surface area (Å²) >= 11 is 0. The molecule has 0 unspecified atom stereocenters. The summed E-state index contributed by atoms with van der Waals surface area (Å²) in [6, 6.07) is 8.19. The molecular formula is C14H11F2NO3. The summed E-state index contributed by atoms with van der Waals surface area (Å²) in [6.45, 7) is -1.01. The van der Waals surface area contributed by atoms with Crippen molar-refractivity contribution in [1.29, 1.82) is 0 Å². The molecule has 6 heteroatoms. The molecule has 1 aliphatic rings. The number of phenolic OH excluding ortho intramolecular Hbond substituents is 1. The second kappa shape index (κ2) is 4.33. The van der Waals surface area contributed by atoms with Gasteiger partial charge in [0.25, 0.3) is 0 Å². The zero-order chi connectivity index (χ0) is 14.3. The Balaban J connectivity index is 2.22. The number of carbonyl (C=O) groups excluding carboxylic acids is 1. The first-order chi connectivity index (χ1) is 9.49. The van der Waals surface area contributed by atoms with Crippen LogP contribution in [-0.4, -0.2) is 23.7 Å². The highest BCUT2D eigenvalue weighted by atomic mass is 19.3. The van der Waals surface area contributed by atoms with Gasteiger partial charge < -0.3 is 15.2 Å². The SMILES string of the molecule is O=C1N[C@H](c2c(O)ccc3ccccc23)C(F)(F)CO1. The van der Waals surface area contributed by atoms with Crippen molar-refractivity contribution in [3.63, 3.8) is 0 Å². The summed E-state index contributed by atoms with van der Waals surface area (Å²) in [5, 5.41) is 13.2. The average molecular weight is 279 g/mol. The van der Waals surface area contributed by atoms with Crippen LogP contribution < -0.4 is 5.32 Å². The van der Waals surface area contributed by atoms with E-state index in [4.69, 9.17) is 0 Å². The molecule has 2 N–H and O–H groups in total. The number of alkyl halides is 2. The number of halogens is 2. The van der Waals surface area contributed by atoms with E-state index in [1.807, 2.05) is 0 Å². The van der Waals surface area contributed by atoms with Gasteiger partial charge in [-0.25, -0.2) is 13.6 Å². The number of aromatic hydroxyl groups is 1. The molecule has 1 fully saturated rings. The number of phenols is 1. The number of cyclic esters (lactones) is 1. The summed E-state index contributed by atoms with van der Waals surface area (Å²) < 4.78 is 32.3. The molecule has 2 aromatic rings. The highest BCUT2D eigenvalue weighted by Crippen LogP contribution is 2.41. The molecule has 4 nitrogen and oxygen atoms in total. The number of nitrogens with one attached hydrogen (secondary N) is 1. The molecule has 1 atom stereocenters. The van der Waals surface area contributed by atoms with Crippen LogP contribution in [0.3, 0.4) is 0 Å². The topological polar surface area (TPSA) is 58.6 Å². The van der Waals surface area contributed by atoms with E-state index in [1.54, 1.807) is 30.3 Å². The number of rotatable bonds is 1. The van der Waals surface area contributed by atoms with Gasteiger partial charge in [-0.15, -0.1) is 0 Å². The van der Waals surface area contributed by atoms with E-state index in [2.05, 4.69) is 10.1 Å². The standard InChI is InChI=1S/C14H11F2NO3/c15-14(16)7-20-13(19)17-12(14)11-9-4-2-1-3-8(9)5-6-10(11)18/h1-6,12,18H,7H2,(H,17,19)/t12-/m1/s1. The molecule has 1 aliphatic heterocycles. The Morgan fingerprint density at radius 1 is 1.25 bits per heavy atom. The molecule has 1 heterocycles. The van der Waals surface area contributed by atoms with E-state index in [1.165, 1.54) is 6.07 Å². The Bertz CT molecular complexity index is 687. The molecule has 1 amide bonds. The first kappa shape index (κ1) is 12.7. The first-order valence-electron chi connectivity index (χ1n) is 6.01. The number of ether oxygens (including phenoxy) is 1. The van der Waals surface area contributed by atoms with Crippen LogP contribution in [0.5, 0.6) is 5.75 Å². The number of fused-ring (bicyclic) bond motifs is 1. The number of hydrogen-bond acceptors (Lipinski definition) is 3. The van der Waals surface area contributed by atoms with Crippen LogP contribution in [-0.2, 0) is 4.74 Å². The molecule has 20 heavy (non-hydrogen) atoms. The van der Waals surface area contributed by atoms with Crippen LogP contribution in [0.4, 0.5) is 13.6 Å². The Kier molecular flexibility index (Phi) is 2.74. The van der Waals surface area contributed by atoms with Crippen LogP contribution in [0.25, 0.3) is 10.8 Å². The van der Waals surface area contributed by atoms with Crippen LogP contribution in [0.2, 0.25) is 0 Å². The summed E-state index contributed by atoms with van der Waals surface area (Å²) in [6.07, 6.45) is -0.923. The van der Waals surface area contributed by atoms with Gasteiger partial charge in [-0.3, -0.25) is 0 Å². The number of benzene rings is 2. The summed E-state index contributed by atoms with van der Waals surface area (Å²) in [7, 11) is 0. The molecule has 2 aromatic carbocycles. The molecule has 0 saturated carbocycles. The van der Waals surface area contributed by atoms with Crippen molar-refractivity contribution in [3.05, 3.63) is 42.0 Å². The minimum Gasteiger partial charge on any atom is -0.508 e. The lowest BCUT2D eigenvalue weighted by molar-refractivity contribution is -0.104. The minimum absolute atomic E-state index is 0.00440. The van der Waals surface area contributed by atoms with Gasteiger partial charge in [-0.2, -0.15) is 0 Å². The van der Waals surface area contributed by atoms with Gasteiger partial charge in [0.2, 0.25) is 0 Å². The van der Waals surface area contributed by atoms with Gasteiger partial charge in [0, 0.05) is 5.56 Å². The van der Waals surface area contributed by atoms with Crippen molar-refractivity contribution in [3.8, 4) is 5.75 Å². The molecule has 0 bridgehead atoms. The molecule has 0 aliphatic carbocycles. The van der Waals surface area contributed by atoms with Gasteiger partial charge in [0.15, 0.2) is 6.61 Å². The maximum atomic E-state index is 14.0. The van der Waals surface area contributed by atoms with E-state index in [0.29, 0.717) is 10.8 Å².